The Hall–Kier alpha value is -2.38. The van der Waals surface area contributed by atoms with Crippen molar-refractivity contribution in [3.8, 4) is 0 Å². The van der Waals surface area contributed by atoms with Crippen LogP contribution in [0, 0.1) is 0 Å². The lowest BCUT2D eigenvalue weighted by molar-refractivity contribution is -0.141. The topological polar surface area (TPSA) is 66.8 Å². The van der Waals surface area contributed by atoms with E-state index in [1.54, 1.807) is 0 Å². The number of ether oxygens (including phenoxy) is 1. The van der Waals surface area contributed by atoms with Gasteiger partial charge in [0.25, 0.3) is 0 Å². The van der Waals surface area contributed by atoms with Gasteiger partial charge in [0.1, 0.15) is 12.6 Å². The van der Waals surface area contributed by atoms with Crippen LogP contribution in [0.1, 0.15) is 5.56 Å². The molecule has 3 heterocycles. The molecule has 7 heteroatoms. The lowest BCUT2D eigenvalue weighted by Gasteiger charge is -2.43. The number of hydrogen-bond acceptors (Lipinski definition) is 5. The summed E-state index contributed by atoms with van der Waals surface area (Å²) in [6.07, 6.45) is 2.04. The Morgan fingerprint density at radius 1 is 1.27 bits per heavy atom. The molecule has 2 saturated heterocycles. The molecule has 0 aliphatic carbocycles. The predicted octanol–water partition coefficient (Wildman–Crippen LogP) is 0.430. The summed E-state index contributed by atoms with van der Waals surface area (Å²) in [4.78, 5) is 28.5. The van der Waals surface area contributed by atoms with E-state index in [0.717, 1.165) is 50.2 Å². The minimum absolute atomic E-state index is 0.0547. The molecule has 1 aromatic carbocycles. The molecule has 2 fully saturated rings. The number of carbonyl (C=O) groups excluding carboxylic acids is 2. The van der Waals surface area contributed by atoms with Gasteiger partial charge in [-0.2, -0.15) is 0 Å². The third-order valence-electron chi connectivity index (χ3n) is 5.37. The zero-order valence-corrected chi connectivity index (χ0v) is 15.0. The number of hydrogen-bond donors (Lipinski definition) is 1. The van der Waals surface area contributed by atoms with Crippen molar-refractivity contribution in [3.63, 3.8) is 0 Å². The smallest absolute Gasteiger partial charge is 0.325 e. The number of nitrogens with zero attached hydrogens (tertiary/aromatic N) is 3. The van der Waals surface area contributed by atoms with Crippen LogP contribution in [0.15, 0.2) is 30.5 Å². The van der Waals surface area contributed by atoms with Gasteiger partial charge in [0.2, 0.25) is 5.91 Å². The molecule has 2 aromatic rings. The van der Waals surface area contributed by atoms with Crippen molar-refractivity contribution in [2.45, 2.75) is 19.1 Å². The lowest BCUT2D eigenvalue weighted by Crippen LogP contribution is -2.63. The molecule has 26 heavy (non-hydrogen) atoms. The van der Waals surface area contributed by atoms with Gasteiger partial charge >= 0.3 is 5.97 Å². The monoisotopic (exact) mass is 356 g/mol. The Morgan fingerprint density at radius 2 is 2.12 bits per heavy atom. The Labute approximate surface area is 152 Å². The van der Waals surface area contributed by atoms with Crippen molar-refractivity contribution in [1.29, 1.82) is 0 Å². The SMILES string of the molecule is COC(=O)Cn1cc(CN2CCN3CCNC(=O)[C@@H]3C2)c2ccccc21. The number of rotatable bonds is 4. The maximum Gasteiger partial charge on any atom is 0.325 e. The van der Waals surface area contributed by atoms with E-state index in [9.17, 15) is 9.59 Å². The van der Waals surface area contributed by atoms with E-state index in [-0.39, 0.29) is 24.5 Å². The first kappa shape index (κ1) is 17.1. The van der Waals surface area contributed by atoms with Gasteiger partial charge in [0, 0.05) is 56.4 Å². The van der Waals surface area contributed by atoms with Crippen molar-refractivity contribution in [2.24, 2.45) is 0 Å². The number of methoxy groups -OCH3 is 1. The summed E-state index contributed by atoms with van der Waals surface area (Å²) in [5.41, 5.74) is 2.20. The molecule has 138 valence electrons. The van der Waals surface area contributed by atoms with E-state index in [1.807, 2.05) is 29.0 Å². The van der Waals surface area contributed by atoms with Crippen LogP contribution in [0.4, 0.5) is 0 Å². The van der Waals surface area contributed by atoms with E-state index in [4.69, 9.17) is 4.74 Å². The van der Waals surface area contributed by atoms with Crippen molar-refractivity contribution in [1.82, 2.24) is 19.7 Å². The van der Waals surface area contributed by atoms with Gasteiger partial charge in [-0.25, -0.2) is 0 Å². The quantitative estimate of drug-likeness (QED) is 0.805. The Kier molecular flexibility index (Phi) is 4.65. The van der Waals surface area contributed by atoms with Crippen LogP contribution in [0.2, 0.25) is 0 Å². The number of piperazine rings is 2. The summed E-state index contributed by atoms with van der Waals surface area (Å²) in [6, 6.07) is 8.04. The number of carbonyl (C=O) groups is 2. The van der Waals surface area contributed by atoms with Crippen LogP contribution in [0.25, 0.3) is 10.9 Å². The second-order valence-corrected chi connectivity index (χ2v) is 6.95. The molecule has 0 bridgehead atoms. The van der Waals surface area contributed by atoms with Crippen LogP contribution in [0.3, 0.4) is 0 Å². The average Bonchev–Trinajstić information content (AvgIpc) is 3.00. The second-order valence-electron chi connectivity index (χ2n) is 6.95. The first-order valence-corrected chi connectivity index (χ1v) is 9.03. The number of aromatic nitrogens is 1. The van der Waals surface area contributed by atoms with Gasteiger partial charge in [0.05, 0.1) is 7.11 Å². The number of fused-ring (bicyclic) bond motifs is 2. The van der Waals surface area contributed by atoms with E-state index < -0.39 is 0 Å². The molecular formula is C19H24N4O3. The van der Waals surface area contributed by atoms with Crippen molar-refractivity contribution < 1.29 is 14.3 Å². The first-order valence-electron chi connectivity index (χ1n) is 9.03. The molecule has 0 unspecified atom stereocenters. The summed E-state index contributed by atoms with van der Waals surface area (Å²) in [7, 11) is 1.41. The molecule has 1 aromatic heterocycles. The van der Waals surface area contributed by atoms with Gasteiger partial charge < -0.3 is 14.6 Å². The highest BCUT2D eigenvalue weighted by Crippen LogP contribution is 2.24. The van der Waals surface area contributed by atoms with Crippen molar-refractivity contribution in [2.75, 3.05) is 39.8 Å². The molecule has 0 radical (unpaired) electrons. The molecule has 7 nitrogen and oxygen atoms in total. The Bertz CT molecular complexity index is 831. The third kappa shape index (κ3) is 3.20. The molecule has 1 N–H and O–H groups in total. The standard InChI is InChI=1S/C19H24N4O3/c1-26-18(24)13-23-11-14(15-4-2-3-5-16(15)23)10-21-8-9-22-7-6-20-19(25)17(22)12-21/h2-5,11,17H,6-10,12-13H2,1H3,(H,20,25)/t17-/m0/s1. The van der Waals surface area contributed by atoms with Crippen LogP contribution in [-0.4, -0.2) is 72.1 Å². The third-order valence-corrected chi connectivity index (χ3v) is 5.37. The minimum Gasteiger partial charge on any atom is -0.468 e. The maximum absolute atomic E-state index is 12.2. The van der Waals surface area contributed by atoms with Gasteiger partial charge in [-0.15, -0.1) is 0 Å². The highest BCUT2D eigenvalue weighted by atomic mass is 16.5. The Morgan fingerprint density at radius 3 is 2.96 bits per heavy atom. The van der Waals surface area contributed by atoms with Crippen molar-refractivity contribution >= 4 is 22.8 Å². The average molecular weight is 356 g/mol. The molecule has 1 atom stereocenters. The van der Waals surface area contributed by atoms with E-state index in [1.165, 1.54) is 12.7 Å². The highest BCUT2D eigenvalue weighted by Gasteiger charge is 2.34. The van der Waals surface area contributed by atoms with Gasteiger partial charge in [-0.1, -0.05) is 18.2 Å². The zero-order chi connectivity index (χ0) is 18.1. The summed E-state index contributed by atoms with van der Waals surface area (Å²) in [5, 5.41) is 4.11. The zero-order valence-electron chi connectivity index (χ0n) is 15.0. The number of nitrogens with one attached hydrogen (secondary N) is 1. The fraction of sp³-hybridized carbons (Fsp3) is 0.474. The van der Waals surface area contributed by atoms with Crippen LogP contribution in [0.5, 0.6) is 0 Å². The molecular weight excluding hydrogens is 332 g/mol. The lowest BCUT2D eigenvalue weighted by atomic mass is 10.1. The van der Waals surface area contributed by atoms with E-state index in [0.29, 0.717) is 0 Å². The normalized spacial score (nSPS) is 21.4. The maximum atomic E-state index is 12.2. The highest BCUT2D eigenvalue weighted by molar-refractivity contribution is 5.85. The number of benzene rings is 1. The number of esters is 1. The number of amides is 1. The molecule has 4 rings (SSSR count). The summed E-state index contributed by atoms with van der Waals surface area (Å²) in [6.45, 7) is 5.25. The van der Waals surface area contributed by atoms with Gasteiger partial charge in [-0.3, -0.25) is 19.4 Å². The summed E-state index contributed by atoms with van der Waals surface area (Å²) < 4.78 is 6.76. The van der Waals surface area contributed by atoms with Gasteiger partial charge in [-0.05, 0) is 11.6 Å². The largest absolute Gasteiger partial charge is 0.468 e. The molecule has 0 saturated carbocycles. The van der Waals surface area contributed by atoms with Crippen LogP contribution < -0.4 is 5.32 Å². The van der Waals surface area contributed by atoms with Crippen LogP contribution >= 0.6 is 0 Å². The second kappa shape index (κ2) is 7.09. The summed E-state index contributed by atoms with van der Waals surface area (Å²) >= 11 is 0. The molecule has 1 amide bonds. The minimum atomic E-state index is -0.259. The fourth-order valence-electron chi connectivity index (χ4n) is 4.00. The molecule has 2 aliphatic heterocycles. The van der Waals surface area contributed by atoms with Crippen molar-refractivity contribution in [3.05, 3.63) is 36.0 Å². The van der Waals surface area contributed by atoms with Gasteiger partial charge in [0.15, 0.2) is 0 Å². The Balaban J connectivity index is 1.55. The first-order chi connectivity index (χ1) is 12.7. The number of para-hydroxylation sites is 1. The van der Waals surface area contributed by atoms with E-state index in [2.05, 4.69) is 21.2 Å². The molecule has 2 aliphatic rings. The van der Waals surface area contributed by atoms with E-state index >= 15 is 0 Å². The summed E-state index contributed by atoms with van der Waals surface area (Å²) in [5.74, 6) is -0.126. The van der Waals surface area contributed by atoms with Crippen LogP contribution in [-0.2, 0) is 27.4 Å². The predicted molar refractivity (Wildman–Crippen MR) is 97.6 cm³/mol. The molecule has 0 spiro atoms. The fourth-order valence-corrected chi connectivity index (χ4v) is 4.00.